The number of aliphatic hydroxyl groups excluding tert-OH is 1. The minimum atomic E-state index is -5.40. The van der Waals surface area contributed by atoms with Crippen LogP contribution in [0.15, 0.2) is 121 Å². The normalized spacial score (nSPS) is 29.3. The second kappa shape index (κ2) is 11.9. The Kier molecular flexibility index (Phi) is 8.61. The molecule has 0 saturated carbocycles. The van der Waals surface area contributed by atoms with Gasteiger partial charge in [-0.25, -0.2) is 0 Å². The molecule has 1 aliphatic heterocycles. The summed E-state index contributed by atoms with van der Waals surface area (Å²) < 4.78 is 44.6. The largest absolute Gasteiger partial charge is 0.394 e. The monoisotopic (exact) mass is 604 g/mol. The first-order valence-corrected chi connectivity index (χ1v) is 15.5. The standard InChI is InChI=1S/C34H36O8S/c35-25-30-31(36,21-26-13-5-1-6-14-26)32(37,22-27-15-7-2-8-16-27)33(38,23-28-17-9-3-10-18-28)34(42-30,43(39,40)41)24-29-19-11-4-12-20-29/h1-20,30,35-38H,21-25H2,(H,39,40,41)/t30-,31-,32+,33-,34?/m1/s1. The fourth-order valence-electron chi connectivity index (χ4n) is 6.50. The number of hydrogen-bond acceptors (Lipinski definition) is 7. The van der Waals surface area contributed by atoms with Gasteiger partial charge >= 0.3 is 0 Å². The van der Waals surface area contributed by atoms with E-state index in [-0.39, 0.29) is 6.42 Å². The van der Waals surface area contributed by atoms with Gasteiger partial charge in [-0.2, -0.15) is 8.42 Å². The molecule has 4 aromatic carbocycles. The molecule has 5 rings (SSSR count). The molecule has 1 saturated heterocycles. The summed E-state index contributed by atoms with van der Waals surface area (Å²) >= 11 is 0. The van der Waals surface area contributed by atoms with Gasteiger partial charge in [-0.1, -0.05) is 121 Å². The molecule has 1 unspecified atom stereocenters. The molecular formula is C34H36O8S. The van der Waals surface area contributed by atoms with Crippen LogP contribution in [-0.4, -0.2) is 67.8 Å². The average Bonchev–Trinajstić information content (AvgIpc) is 2.99. The van der Waals surface area contributed by atoms with Crippen LogP contribution in [0, 0.1) is 0 Å². The first-order valence-electron chi connectivity index (χ1n) is 14.1. The molecule has 0 aliphatic carbocycles. The lowest BCUT2D eigenvalue weighted by Gasteiger charge is -2.64. The van der Waals surface area contributed by atoms with E-state index in [1.807, 2.05) is 0 Å². The Hall–Kier alpha value is -3.41. The van der Waals surface area contributed by atoms with Crippen molar-refractivity contribution in [3.05, 3.63) is 144 Å². The lowest BCUT2D eigenvalue weighted by atomic mass is 9.57. The maximum atomic E-state index is 13.7. The van der Waals surface area contributed by atoms with Gasteiger partial charge in [0.2, 0.25) is 4.93 Å². The summed E-state index contributed by atoms with van der Waals surface area (Å²) in [7, 11) is -5.40. The van der Waals surface area contributed by atoms with Gasteiger partial charge in [-0.3, -0.25) is 4.55 Å². The van der Waals surface area contributed by atoms with E-state index in [1.165, 1.54) is 0 Å². The summed E-state index contributed by atoms with van der Waals surface area (Å²) in [5, 5.41) is 49.5. The molecule has 5 N–H and O–H groups in total. The first kappa shape index (κ1) is 31.0. The third-order valence-electron chi connectivity index (χ3n) is 8.68. The summed E-state index contributed by atoms with van der Waals surface area (Å²) in [6.45, 7) is -0.923. The fraction of sp³-hybridized carbons (Fsp3) is 0.294. The third-order valence-corrected chi connectivity index (χ3v) is 10.1. The Morgan fingerprint density at radius 1 is 0.558 bits per heavy atom. The number of benzene rings is 4. The molecule has 0 aromatic heterocycles. The van der Waals surface area contributed by atoms with Crippen LogP contribution in [-0.2, 0) is 40.5 Å². The quantitative estimate of drug-likeness (QED) is 0.174. The lowest BCUT2D eigenvalue weighted by Crippen LogP contribution is -2.87. The van der Waals surface area contributed by atoms with E-state index in [0.29, 0.717) is 22.3 Å². The van der Waals surface area contributed by atoms with Crippen LogP contribution in [0.25, 0.3) is 0 Å². The van der Waals surface area contributed by atoms with E-state index in [4.69, 9.17) is 4.74 Å². The predicted molar refractivity (Wildman–Crippen MR) is 162 cm³/mol. The molecule has 43 heavy (non-hydrogen) atoms. The summed E-state index contributed by atoms with van der Waals surface area (Å²) in [6, 6.07) is 33.9. The highest BCUT2D eigenvalue weighted by atomic mass is 32.2. The van der Waals surface area contributed by atoms with E-state index >= 15 is 0 Å². The molecule has 226 valence electrons. The Morgan fingerprint density at radius 3 is 1.28 bits per heavy atom. The molecule has 1 fully saturated rings. The number of ether oxygens (including phenoxy) is 1. The van der Waals surface area contributed by atoms with Crippen LogP contribution in [0.5, 0.6) is 0 Å². The Labute approximate surface area is 251 Å². The minimum Gasteiger partial charge on any atom is -0.394 e. The maximum absolute atomic E-state index is 13.7. The van der Waals surface area contributed by atoms with Crippen molar-refractivity contribution in [3.63, 3.8) is 0 Å². The van der Waals surface area contributed by atoms with Crippen LogP contribution < -0.4 is 0 Å². The van der Waals surface area contributed by atoms with Gasteiger partial charge in [0.25, 0.3) is 10.1 Å². The van der Waals surface area contributed by atoms with Crippen molar-refractivity contribution in [2.75, 3.05) is 6.61 Å². The maximum Gasteiger partial charge on any atom is 0.298 e. The molecule has 1 aliphatic rings. The van der Waals surface area contributed by atoms with Gasteiger partial charge < -0.3 is 25.2 Å². The summed E-state index contributed by atoms with van der Waals surface area (Å²) in [5.41, 5.74) is -6.23. The van der Waals surface area contributed by atoms with Crippen molar-refractivity contribution < 1.29 is 38.1 Å². The Morgan fingerprint density at radius 2 is 0.907 bits per heavy atom. The van der Waals surface area contributed by atoms with Crippen LogP contribution in [0.4, 0.5) is 0 Å². The van der Waals surface area contributed by atoms with Crippen LogP contribution in [0.2, 0.25) is 0 Å². The van der Waals surface area contributed by atoms with Crippen molar-refractivity contribution in [1.29, 1.82) is 0 Å². The van der Waals surface area contributed by atoms with Crippen molar-refractivity contribution >= 4 is 10.1 Å². The highest BCUT2D eigenvalue weighted by Gasteiger charge is 2.79. The Bertz CT molecular complexity index is 1600. The minimum absolute atomic E-state index is 0.313. The molecule has 4 aromatic rings. The second-order valence-corrected chi connectivity index (χ2v) is 12.9. The van der Waals surface area contributed by atoms with E-state index < -0.39 is 63.8 Å². The molecular weight excluding hydrogens is 568 g/mol. The molecule has 0 bridgehead atoms. The summed E-state index contributed by atoms with van der Waals surface area (Å²) in [6.07, 6.45) is -3.62. The molecule has 1 heterocycles. The number of aliphatic hydroxyl groups is 4. The second-order valence-electron chi connectivity index (χ2n) is 11.3. The SMILES string of the molecule is O=S(=O)(O)C1(Cc2ccccc2)O[C@H](CO)[C@](O)(Cc2ccccc2)[C@@](O)(Cc2ccccc2)[C@]1(O)Cc1ccccc1. The zero-order valence-corrected chi connectivity index (χ0v) is 24.3. The topological polar surface area (TPSA) is 145 Å². The van der Waals surface area contributed by atoms with Crippen molar-refractivity contribution in [3.8, 4) is 0 Å². The highest BCUT2D eigenvalue weighted by molar-refractivity contribution is 7.87. The van der Waals surface area contributed by atoms with Gasteiger partial charge in [-0.05, 0) is 22.3 Å². The molecule has 9 heteroatoms. The lowest BCUT2D eigenvalue weighted by molar-refractivity contribution is -0.370. The van der Waals surface area contributed by atoms with Crippen LogP contribution >= 0.6 is 0 Å². The Balaban J connectivity index is 1.84. The zero-order chi connectivity index (χ0) is 30.8. The van der Waals surface area contributed by atoms with Gasteiger partial charge in [-0.15, -0.1) is 0 Å². The average molecular weight is 605 g/mol. The van der Waals surface area contributed by atoms with Gasteiger partial charge in [0.05, 0.1) is 6.61 Å². The van der Waals surface area contributed by atoms with Crippen LogP contribution in [0.1, 0.15) is 22.3 Å². The highest BCUT2D eigenvalue weighted by Crippen LogP contribution is 2.56. The number of rotatable bonds is 10. The van der Waals surface area contributed by atoms with Gasteiger partial charge in [0.1, 0.15) is 22.9 Å². The van der Waals surface area contributed by atoms with E-state index in [9.17, 15) is 33.4 Å². The van der Waals surface area contributed by atoms with E-state index in [2.05, 4.69) is 0 Å². The fourth-order valence-corrected chi connectivity index (χ4v) is 7.75. The molecule has 0 radical (unpaired) electrons. The predicted octanol–water partition coefficient (Wildman–Crippen LogP) is 3.13. The molecule has 5 atom stereocenters. The van der Waals surface area contributed by atoms with Crippen LogP contribution in [0.3, 0.4) is 0 Å². The number of hydrogen-bond donors (Lipinski definition) is 5. The van der Waals surface area contributed by atoms with Gasteiger partial charge in [0.15, 0.2) is 0 Å². The van der Waals surface area contributed by atoms with Crippen molar-refractivity contribution in [2.45, 2.75) is 53.5 Å². The third kappa shape index (κ3) is 5.42. The first-order chi connectivity index (χ1) is 20.5. The molecule has 0 amide bonds. The summed E-state index contributed by atoms with van der Waals surface area (Å²) in [4.78, 5) is -2.92. The molecule has 0 spiro atoms. The van der Waals surface area contributed by atoms with Crippen molar-refractivity contribution in [1.82, 2.24) is 0 Å². The summed E-state index contributed by atoms with van der Waals surface area (Å²) in [5.74, 6) is 0. The van der Waals surface area contributed by atoms with E-state index in [0.717, 1.165) is 0 Å². The smallest absolute Gasteiger partial charge is 0.298 e. The zero-order valence-electron chi connectivity index (χ0n) is 23.5. The molecule has 8 nitrogen and oxygen atoms in total. The van der Waals surface area contributed by atoms with Crippen molar-refractivity contribution in [2.24, 2.45) is 0 Å². The van der Waals surface area contributed by atoms with Gasteiger partial charge in [0, 0.05) is 25.7 Å². The van der Waals surface area contributed by atoms with E-state index in [1.54, 1.807) is 121 Å².